The van der Waals surface area contributed by atoms with Gasteiger partial charge in [0.1, 0.15) is 11.6 Å². The molecule has 1 N–H and O–H groups in total. The largest absolute Gasteiger partial charge is 0.496 e. The highest BCUT2D eigenvalue weighted by Crippen LogP contribution is 2.19. The molecule has 0 saturated carbocycles. The normalized spacial score (nSPS) is 10.0. The van der Waals surface area contributed by atoms with Crippen molar-refractivity contribution in [2.24, 2.45) is 0 Å². The van der Waals surface area contributed by atoms with Crippen LogP contribution in [0.25, 0.3) is 0 Å². The first-order valence-corrected chi connectivity index (χ1v) is 5.87. The summed E-state index contributed by atoms with van der Waals surface area (Å²) in [6.07, 6.45) is 0.137. The molecule has 0 heterocycles. The Morgan fingerprint density at radius 2 is 1.84 bits per heavy atom. The Morgan fingerprint density at radius 1 is 1.16 bits per heavy atom. The fourth-order valence-corrected chi connectivity index (χ4v) is 1.78. The summed E-state index contributed by atoms with van der Waals surface area (Å²) in [6.45, 7) is 0. The second kappa shape index (κ2) is 6.00. The van der Waals surface area contributed by atoms with Crippen molar-refractivity contribution >= 4 is 11.6 Å². The number of rotatable bonds is 4. The van der Waals surface area contributed by atoms with Crippen molar-refractivity contribution < 1.29 is 13.9 Å². The van der Waals surface area contributed by atoms with E-state index in [-0.39, 0.29) is 18.0 Å². The second-order valence-corrected chi connectivity index (χ2v) is 4.02. The smallest absolute Gasteiger partial charge is 0.229 e. The molecule has 0 spiro atoms. The van der Waals surface area contributed by atoms with E-state index in [9.17, 15) is 9.18 Å². The van der Waals surface area contributed by atoms with Gasteiger partial charge in [0, 0.05) is 5.56 Å². The Bertz CT molecular complexity index is 584. The van der Waals surface area contributed by atoms with Crippen LogP contribution in [0.5, 0.6) is 5.75 Å². The van der Waals surface area contributed by atoms with Crippen LogP contribution in [-0.4, -0.2) is 13.0 Å². The van der Waals surface area contributed by atoms with Crippen molar-refractivity contribution in [2.45, 2.75) is 6.42 Å². The first-order valence-electron chi connectivity index (χ1n) is 5.87. The number of ether oxygens (including phenoxy) is 1. The molecule has 0 radical (unpaired) electrons. The molecule has 98 valence electrons. The van der Waals surface area contributed by atoms with Gasteiger partial charge in [-0.15, -0.1) is 0 Å². The van der Waals surface area contributed by atoms with E-state index in [1.807, 2.05) is 12.1 Å². The second-order valence-electron chi connectivity index (χ2n) is 4.02. The molecular formula is C15H14FNO2. The van der Waals surface area contributed by atoms with Crippen LogP contribution in [0, 0.1) is 5.82 Å². The molecular weight excluding hydrogens is 245 g/mol. The lowest BCUT2D eigenvalue weighted by Gasteiger charge is -2.09. The number of carbonyl (C=O) groups excluding carboxylic acids is 1. The lowest BCUT2D eigenvalue weighted by Crippen LogP contribution is -2.15. The third-order valence-electron chi connectivity index (χ3n) is 2.69. The standard InChI is InChI=1S/C15H14FNO2/c1-19-14-9-5-2-6-11(14)10-15(18)17-13-8-4-3-7-12(13)16/h2-9H,10H2,1H3,(H,17,18). The van der Waals surface area contributed by atoms with Gasteiger partial charge < -0.3 is 10.1 Å². The molecule has 2 aromatic rings. The molecule has 0 unspecified atom stereocenters. The molecule has 0 saturated heterocycles. The highest BCUT2D eigenvalue weighted by Gasteiger charge is 2.10. The Hall–Kier alpha value is -2.36. The number of anilines is 1. The summed E-state index contributed by atoms with van der Waals surface area (Å²) in [4.78, 5) is 11.9. The molecule has 0 aliphatic carbocycles. The number of carbonyl (C=O) groups is 1. The first kappa shape index (κ1) is 13.1. The molecule has 19 heavy (non-hydrogen) atoms. The summed E-state index contributed by atoms with van der Waals surface area (Å²) in [6, 6.07) is 13.3. The number of hydrogen-bond acceptors (Lipinski definition) is 2. The van der Waals surface area contributed by atoms with Crippen LogP contribution in [0.3, 0.4) is 0 Å². The molecule has 3 nitrogen and oxygen atoms in total. The molecule has 0 aromatic heterocycles. The quantitative estimate of drug-likeness (QED) is 0.916. The summed E-state index contributed by atoms with van der Waals surface area (Å²) >= 11 is 0. The van der Waals surface area contributed by atoms with Crippen molar-refractivity contribution in [1.82, 2.24) is 0 Å². The van der Waals surface area contributed by atoms with Crippen molar-refractivity contribution in [2.75, 3.05) is 12.4 Å². The monoisotopic (exact) mass is 259 g/mol. The van der Waals surface area contributed by atoms with Crippen molar-refractivity contribution in [1.29, 1.82) is 0 Å². The fraction of sp³-hybridized carbons (Fsp3) is 0.133. The minimum Gasteiger partial charge on any atom is -0.496 e. The van der Waals surface area contributed by atoms with Gasteiger partial charge in [0.25, 0.3) is 0 Å². The van der Waals surface area contributed by atoms with Gasteiger partial charge >= 0.3 is 0 Å². The topological polar surface area (TPSA) is 38.3 Å². The van der Waals surface area contributed by atoms with E-state index in [0.29, 0.717) is 5.75 Å². The third kappa shape index (κ3) is 3.31. The van der Waals surface area contributed by atoms with Crippen LogP contribution in [-0.2, 0) is 11.2 Å². The number of para-hydroxylation sites is 2. The third-order valence-corrected chi connectivity index (χ3v) is 2.69. The van der Waals surface area contributed by atoms with Crippen molar-refractivity contribution in [3.8, 4) is 5.75 Å². The summed E-state index contributed by atoms with van der Waals surface area (Å²) in [7, 11) is 1.55. The van der Waals surface area contributed by atoms with Gasteiger partial charge in [0.2, 0.25) is 5.91 Å². The number of amides is 1. The molecule has 2 aromatic carbocycles. The zero-order chi connectivity index (χ0) is 13.7. The summed E-state index contributed by atoms with van der Waals surface area (Å²) in [5.74, 6) is -0.0864. The average molecular weight is 259 g/mol. The van der Waals surface area contributed by atoms with Gasteiger partial charge in [-0.25, -0.2) is 4.39 Å². The lowest BCUT2D eigenvalue weighted by molar-refractivity contribution is -0.115. The minimum absolute atomic E-state index is 0.137. The van der Waals surface area contributed by atoms with Gasteiger partial charge in [-0.05, 0) is 18.2 Å². The van der Waals surface area contributed by atoms with Crippen LogP contribution >= 0.6 is 0 Å². The molecule has 2 rings (SSSR count). The predicted molar refractivity (Wildman–Crippen MR) is 71.7 cm³/mol. The molecule has 0 aliphatic heterocycles. The van der Waals surface area contributed by atoms with Crippen molar-refractivity contribution in [3.63, 3.8) is 0 Å². The van der Waals surface area contributed by atoms with Crippen molar-refractivity contribution in [3.05, 3.63) is 59.9 Å². The van der Waals surface area contributed by atoms with Crippen LogP contribution in [0.4, 0.5) is 10.1 Å². The van der Waals surface area contributed by atoms with Gasteiger partial charge in [0.05, 0.1) is 19.2 Å². The van der Waals surface area contributed by atoms with Gasteiger partial charge in [-0.2, -0.15) is 0 Å². The predicted octanol–water partition coefficient (Wildman–Crippen LogP) is 3.02. The summed E-state index contributed by atoms with van der Waals surface area (Å²) in [5.41, 5.74) is 0.946. The highest BCUT2D eigenvalue weighted by atomic mass is 19.1. The Balaban J connectivity index is 2.08. The zero-order valence-corrected chi connectivity index (χ0v) is 10.5. The van der Waals surface area contributed by atoms with Gasteiger partial charge in [0.15, 0.2) is 0 Å². The van der Waals surface area contributed by atoms with E-state index >= 15 is 0 Å². The lowest BCUT2D eigenvalue weighted by atomic mass is 10.1. The van der Waals surface area contributed by atoms with E-state index in [1.54, 1.807) is 31.4 Å². The van der Waals surface area contributed by atoms with E-state index in [0.717, 1.165) is 5.56 Å². The minimum atomic E-state index is -0.448. The molecule has 4 heteroatoms. The maximum absolute atomic E-state index is 13.4. The first-order chi connectivity index (χ1) is 9.20. The molecule has 0 aliphatic rings. The average Bonchev–Trinajstić information content (AvgIpc) is 2.42. The maximum Gasteiger partial charge on any atom is 0.229 e. The number of halogens is 1. The summed E-state index contributed by atoms with van der Waals surface area (Å²) < 4.78 is 18.6. The van der Waals surface area contributed by atoms with Crippen LogP contribution in [0.15, 0.2) is 48.5 Å². The Labute approximate surface area is 111 Å². The van der Waals surface area contributed by atoms with E-state index < -0.39 is 5.82 Å². The molecule has 1 amide bonds. The Kier molecular flexibility index (Phi) is 4.13. The summed E-state index contributed by atoms with van der Waals surface area (Å²) in [5, 5.41) is 2.54. The van der Waals surface area contributed by atoms with E-state index in [1.165, 1.54) is 12.1 Å². The molecule has 0 bridgehead atoms. The number of hydrogen-bond donors (Lipinski definition) is 1. The number of benzene rings is 2. The maximum atomic E-state index is 13.4. The van der Waals surface area contributed by atoms with Crippen LogP contribution < -0.4 is 10.1 Å². The van der Waals surface area contributed by atoms with E-state index in [4.69, 9.17) is 4.74 Å². The fourth-order valence-electron chi connectivity index (χ4n) is 1.78. The highest BCUT2D eigenvalue weighted by molar-refractivity contribution is 5.92. The van der Waals surface area contributed by atoms with Gasteiger partial charge in [-0.3, -0.25) is 4.79 Å². The molecule has 0 fully saturated rings. The zero-order valence-electron chi connectivity index (χ0n) is 10.5. The SMILES string of the molecule is COc1ccccc1CC(=O)Nc1ccccc1F. The number of nitrogens with one attached hydrogen (secondary N) is 1. The van der Waals surface area contributed by atoms with E-state index in [2.05, 4.69) is 5.32 Å². The molecule has 0 atom stereocenters. The number of methoxy groups -OCH3 is 1. The Morgan fingerprint density at radius 3 is 2.58 bits per heavy atom. The van der Waals surface area contributed by atoms with Crippen LogP contribution in [0.1, 0.15) is 5.56 Å². The van der Waals surface area contributed by atoms with Crippen LogP contribution in [0.2, 0.25) is 0 Å². The van der Waals surface area contributed by atoms with Gasteiger partial charge in [-0.1, -0.05) is 30.3 Å².